The van der Waals surface area contributed by atoms with Crippen LogP contribution in [0.4, 0.5) is 0 Å². The van der Waals surface area contributed by atoms with Gasteiger partial charge < -0.3 is 29.9 Å². The van der Waals surface area contributed by atoms with Crippen LogP contribution in [0.2, 0.25) is 0 Å². The molecule has 0 aliphatic heterocycles. The van der Waals surface area contributed by atoms with Crippen molar-refractivity contribution in [1.29, 1.82) is 0 Å². The Morgan fingerprint density at radius 3 is 2.00 bits per heavy atom. The lowest BCUT2D eigenvalue weighted by molar-refractivity contribution is -0.0653. The standard InChI is InChI=1S/C9H20O6S/c10-1-7(12)3-14-5-9(6-16)15-4-8(13)2-11/h7-13,16H,1-6H2. The van der Waals surface area contributed by atoms with E-state index in [1.54, 1.807) is 0 Å². The van der Waals surface area contributed by atoms with Crippen LogP contribution in [0.25, 0.3) is 0 Å². The zero-order valence-electron chi connectivity index (χ0n) is 9.03. The minimum atomic E-state index is -0.912. The van der Waals surface area contributed by atoms with Crippen LogP contribution in [0.3, 0.4) is 0 Å². The van der Waals surface area contributed by atoms with E-state index in [4.69, 9.17) is 29.9 Å². The first-order chi connectivity index (χ1) is 7.63. The van der Waals surface area contributed by atoms with Gasteiger partial charge in [-0.15, -0.1) is 0 Å². The second kappa shape index (κ2) is 10.3. The predicted molar refractivity (Wildman–Crippen MR) is 60.6 cm³/mol. The summed E-state index contributed by atoms with van der Waals surface area (Å²) in [6, 6.07) is 0. The van der Waals surface area contributed by atoms with E-state index in [0.29, 0.717) is 5.75 Å². The SMILES string of the molecule is OCC(O)COCC(CS)OCC(O)CO. The smallest absolute Gasteiger partial charge is 0.100 e. The highest BCUT2D eigenvalue weighted by Gasteiger charge is 2.11. The van der Waals surface area contributed by atoms with Crippen LogP contribution in [0.15, 0.2) is 0 Å². The van der Waals surface area contributed by atoms with E-state index in [1.807, 2.05) is 0 Å². The van der Waals surface area contributed by atoms with Crippen LogP contribution < -0.4 is 0 Å². The maximum atomic E-state index is 9.04. The third-order valence-corrected chi connectivity index (χ3v) is 2.17. The molecule has 0 saturated carbocycles. The second-order valence-electron chi connectivity index (χ2n) is 3.35. The first-order valence-corrected chi connectivity index (χ1v) is 5.65. The van der Waals surface area contributed by atoms with Gasteiger partial charge in [0.2, 0.25) is 0 Å². The Morgan fingerprint density at radius 1 is 0.938 bits per heavy atom. The molecule has 0 saturated heterocycles. The fraction of sp³-hybridized carbons (Fsp3) is 1.00. The van der Waals surface area contributed by atoms with Crippen molar-refractivity contribution in [3.05, 3.63) is 0 Å². The lowest BCUT2D eigenvalue weighted by Crippen LogP contribution is -2.30. The molecule has 0 aliphatic rings. The van der Waals surface area contributed by atoms with E-state index >= 15 is 0 Å². The lowest BCUT2D eigenvalue weighted by atomic mass is 10.4. The minimum absolute atomic E-state index is 0.00758. The maximum Gasteiger partial charge on any atom is 0.100 e. The molecule has 3 unspecified atom stereocenters. The quantitative estimate of drug-likeness (QED) is 0.291. The number of thiol groups is 1. The van der Waals surface area contributed by atoms with Gasteiger partial charge in [-0.25, -0.2) is 0 Å². The first kappa shape index (κ1) is 16.1. The van der Waals surface area contributed by atoms with Gasteiger partial charge in [-0.2, -0.15) is 12.6 Å². The van der Waals surface area contributed by atoms with Gasteiger partial charge in [0.25, 0.3) is 0 Å². The van der Waals surface area contributed by atoms with Crippen molar-refractivity contribution in [1.82, 2.24) is 0 Å². The number of ether oxygens (including phenoxy) is 2. The first-order valence-electron chi connectivity index (χ1n) is 5.02. The van der Waals surface area contributed by atoms with Crippen LogP contribution in [-0.2, 0) is 9.47 Å². The molecular weight excluding hydrogens is 236 g/mol. The Hall–Kier alpha value is 0.110. The molecule has 0 heterocycles. The topological polar surface area (TPSA) is 99.4 Å². The minimum Gasteiger partial charge on any atom is -0.394 e. The molecule has 0 bridgehead atoms. The van der Waals surface area contributed by atoms with Crippen molar-refractivity contribution >= 4 is 12.6 Å². The lowest BCUT2D eigenvalue weighted by Gasteiger charge is -2.18. The average molecular weight is 256 g/mol. The van der Waals surface area contributed by atoms with Gasteiger partial charge in [0.15, 0.2) is 0 Å². The molecular formula is C9H20O6S. The van der Waals surface area contributed by atoms with Gasteiger partial charge in [-0.05, 0) is 0 Å². The summed E-state index contributed by atoms with van der Waals surface area (Å²) in [5, 5.41) is 35.1. The number of rotatable bonds is 10. The summed E-state index contributed by atoms with van der Waals surface area (Å²) in [5.74, 6) is 0.396. The van der Waals surface area contributed by atoms with Crippen LogP contribution in [0.5, 0.6) is 0 Å². The molecule has 0 aromatic heterocycles. The Bertz CT molecular complexity index is 159. The van der Waals surface area contributed by atoms with E-state index in [1.165, 1.54) is 0 Å². The largest absolute Gasteiger partial charge is 0.394 e. The van der Waals surface area contributed by atoms with Crippen LogP contribution >= 0.6 is 12.6 Å². The molecule has 0 spiro atoms. The van der Waals surface area contributed by atoms with Crippen molar-refractivity contribution in [3.63, 3.8) is 0 Å². The fourth-order valence-corrected chi connectivity index (χ4v) is 1.05. The monoisotopic (exact) mass is 256 g/mol. The number of hydrogen-bond acceptors (Lipinski definition) is 7. The molecule has 0 radical (unpaired) electrons. The predicted octanol–water partition coefficient (Wildman–Crippen LogP) is -1.98. The van der Waals surface area contributed by atoms with Crippen LogP contribution in [-0.4, -0.2) is 77.5 Å². The summed E-state index contributed by atoms with van der Waals surface area (Å²) in [7, 11) is 0. The number of aliphatic hydroxyl groups excluding tert-OH is 4. The summed E-state index contributed by atoms with van der Waals surface area (Å²) >= 11 is 4.03. The normalized spacial score (nSPS) is 17.1. The molecule has 16 heavy (non-hydrogen) atoms. The molecule has 0 aliphatic carbocycles. The van der Waals surface area contributed by atoms with Gasteiger partial charge in [-0.1, -0.05) is 0 Å². The maximum absolute atomic E-state index is 9.04. The molecule has 6 nitrogen and oxygen atoms in total. The summed E-state index contributed by atoms with van der Waals surface area (Å²) in [5.41, 5.74) is 0. The summed E-state index contributed by atoms with van der Waals surface area (Å²) in [6.45, 7) is -0.474. The highest BCUT2D eigenvalue weighted by Crippen LogP contribution is 1.99. The van der Waals surface area contributed by atoms with Crippen molar-refractivity contribution < 1.29 is 29.9 Å². The fourth-order valence-electron chi connectivity index (χ4n) is 0.842. The van der Waals surface area contributed by atoms with E-state index in [9.17, 15) is 0 Å². The van der Waals surface area contributed by atoms with Crippen molar-refractivity contribution in [2.45, 2.75) is 18.3 Å². The number of hydrogen-bond donors (Lipinski definition) is 5. The van der Waals surface area contributed by atoms with Gasteiger partial charge >= 0.3 is 0 Å². The number of aliphatic hydroxyl groups is 4. The molecule has 3 atom stereocenters. The van der Waals surface area contributed by atoms with E-state index in [-0.39, 0.29) is 39.1 Å². The van der Waals surface area contributed by atoms with E-state index in [0.717, 1.165) is 0 Å². The average Bonchev–Trinajstić information content (AvgIpc) is 2.32. The summed E-state index contributed by atoms with van der Waals surface area (Å²) in [6.07, 6.45) is -2.13. The molecule has 0 fully saturated rings. The van der Waals surface area contributed by atoms with Gasteiger partial charge in [0, 0.05) is 5.75 Å². The van der Waals surface area contributed by atoms with Crippen LogP contribution in [0.1, 0.15) is 0 Å². The Labute approximate surface area is 100 Å². The van der Waals surface area contributed by atoms with Crippen molar-refractivity contribution in [2.24, 2.45) is 0 Å². The van der Waals surface area contributed by atoms with Gasteiger partial charge in [-0.3, -0.25) is 0 Å². The van der Waals surface area contributed by atoms with E-state index in [2.05, 4.69) is 12.6 Å². The summed E-state index contributed by atoms with van der Waals surface area (Å²) in [4.78, 5) is 0. The molecule has 0 aromatic rings. The van der Waals surface area contributed by atoms with E-state index < -0.39 is 12.2 Å². The Kier molecular flexibility index (Phi) is 10.3. The molecule has 0 aromatic carbocycles. The third kappa shape index (κ3) is 8.28. The molecule has 0 amide bonds. The highest BCUT2D eigenvalue weighted by molar-refractivity contribution is 7.80. The molecule has 0 rings (SSSR count). The van der Waals surface area contributed by atoms with Gasteiger partial charge in [0.05, 0.1) is 39.1 Å². The second-order valence-corrected chi connectivity index (χ2v) is 3.71. The van der Waals surface area contributed by atoms with Gasteiger partial charge in [0.1, 0.15) is 12.2 Å². The van der Waals surface area contributed by atoms with Crippen molar-refractivity contribution in [3.8, 4) is 0 Å². The Morgan fingerprint density at radius 2 is 1.50 bits per heavy atom. The van der Waals surface area contributed by atoms with Crippen LogP contribution in [0, 0.1) is 0 Å². The highest BCUT2D eigenvalue weighted by atomic mass is 32.1. The molecule has 98 valence electrons. The Balaban J connectivity index is 3.58. The van der Waals surface area contributed by atoms with Crippen molar-refractivity contribution in [2.75, 3.05) is 38.8 Å². The summed E-state index contributed by atoms with van der Waals surface area (Å²) < 4.78 is 10.3. The molecule has 7 heteroatoms. The zero-order valence-corrected chi connectivity index (χ0v) is 9.92. The molecule has 4 N–H and O–H groups in total. The third-order valence-electron chi connectivity index (χ3n) is 1.76. The zero-order chi connectivity index (χ0) is 12.4.